The lowest BCUT2D eigenvalue weighted by molar-refractivity contribution is 0.600. The fourth-order valence-corrected chi connectivity index (χ4v) is 1.90. The van der Waals surface area contributed by atoms with E-state index in [1.165, 1.54) is 0 Å². The van der Waals surface area contributed by atoms with Crippen molar-refractivity contribution in [2.24, 2.45) is 0 Å². The van der Waals surface area contributed by atoms with Gasteiger partial charge in [-0.15, -0.1) is 0 Å². The zero-order chi connectivity index (χ0) is 5.98. The van der Waals surface area contributed by atoms with E-state index in [-0.39, 0.29) is 5.25 Å². The van der Waals surface area contributed by atoms with Gasteiger partial charge in [-0.3, -0.25) is 0 Å². The van der Waals surface area contributed by atoms with E-state index in [0.717, 1.165) is 25.7 Å². The lowest BCUT2D eigenvalue weighted by Gasteiger charge is -1.92. The molecule has 0 radical (unpaired) electrons. The molecule has 0 N–H and O–H groups in total. The van der Waals surface area contributed by atoms with Crippen molar-refractivity contribution in [3.05, 3.63) is 0 Å². The van der Waals surface area contributed by atoms with Crippen LogP contribution >= 0.6 is 0 Å². The summed E-state index contributed by atoms with van der Waals surface area (Å²) < 4.78 is 20.5. The van der Waals surface area contributed by atoms with Crippen LogP contribution in [0.3, 0.4) is 0 Å². The number of hydrogen-bond acceptors (Lipinski definition) is 2. The largest absolute Gasteiger partial charge is 0.232 e. The second-order valence-corrected chi connectivity index (χ2v) is 3.52. The maximum absolute atomic E-state index is 10.2. The minimum absolute atomic E-state index is 0.0185. The van der Waals surface area contributed by atoms with Crippen LogP contribution in [-0.2, 0) is 10.7 Å². The summed E-state index contributed by atoms with van der Waals surface area (Å²) in [6.45, 7) is 0. The number of rotatable bonds is 1. The van der Waals surface area contributed by atoms with Crippen LogP contribution in [0.5, 0.6) is 0 Å². The minimum Gasteiger partial charge on any atom is -0.232 e. The van der Waals surface area contributed by atoms with E-state index in [1.807, 2.05) is 0 Å². The van der Waals surface area contributed by atoms with Crippen LogP contribution in [-0.4, -0.2) is 13.7 Å². The van der Waals surface area contributed by atoms with Crippen LogP contribution in [0.4, 0.5) is 0 Å². The molecule has 1 saturated carbocycles. The lowest BCUT2D eigenvalue weighted by Crippen LogP contribution is -2.01. The topological polar surface area (TPSA) is 34.1 Å². The molecule has 1 fully saturated rings. The molecule has 3 heteroatoms. The third-order valence-corrected chi connectivity index (χ3v) is 2.74. The predicted octanol–water partition coefficient (Wildman–Crippen LogP) is 0.540. The Morgan fingerprint density at radius 2 is 1.62 bits per heavy atom. The quantitative estimate of drug-likeness (QED) is 0.531. The zero-order valence-electron chi connectivity index (χ0n) is 4.67. The third-order valence-electron chi connectivity index (χ3n) is 1.62. The summed E-state index contributed by atoms with van der Waals surface area (Å²) in [7, 11) is -2.10. The highest BCUT2D eigenvalue weighted by atomic mass is 32.2. The zero-order valence-corrected chi connectivity index (χ0v) is 5.56. The van der Waals surface area contributed by atoms with E-state index in [0.29, 0.717) is 0 Å². The first-order valence-electron chi connectivity index (χ1n) is 2.94. The van der Waals surface area contributed by atoms with E-state index in [1.54, 1.807) is 0 Å². The van der Waals surface area contributed by atoms with Gasteiger partial charge in [0.05, 0.1) is 5.25 Å². The SMILES string of the molecule is O=[SH](=O)C1CCCC1. The Hall–Kier alpha value is -0.0500. The molecule has 48 valence electrons. The van der Waals surface area contributed by atoms with Gasteiger partial charge in [-0.25, -0.2) is 8.42 Å². The van der Waals surface area contributed by atoms with E-state index < -0.39 is 10.7 Å². The van der Waals surface area contributed by atoms with Crippen molar-refractivity contribution in [2.45, 2.75) is 30.9 Å². The van der Waals surface area contributed by atoms with Crippen molar-refractivity contribution in [1.82, 2.24) is 0 Å². The summed E-state index contributed by atoms with van der Waals surface area (Å²) in [5.74, 6) is 0. The molecule has 0 saturated heterocycles. The molecule has 1 aliphatic rings. The molecular formula is C5H10O2S. The molecule has 0 aromatic carbocycles. The molecule has 1 aliphatic carbocycles. The second kappa shape index (κ2) is 2.49. The van der Waals surface area contributed by atoms with Gasteiger partial charge in [-0.05, 0) is 12.8 Å². The molecule has 0 aliphatic heterocycles. The number of thiol groups is 1. The van der Waals surface area contributed by atoms with Crippen molar-refractivity contribution in [3.8, 4) is 0 Å². The fourth-order valence-electron chi connectivity index (χ4n) is 1.12. The third kappa shape index (κ3) is 1.22. The average molecular weight is 134 g/mol. The Kier molecular flexibility index (Phi) is 1.89. The van der Waals surface area contributed by atoms with Crippen LogP contribution in [0, 0.1) is 0 Å². The highest BCUT2D eigenvalue weighted by Crippen LogP contribution is 2.19. The highest BCUT2D eigenvalue weighted by molar-refractivity contribution is 7.73. The molecule has 2 nitrogen and oxygen atoms in total. The predicted molar refractivity (Wildman–Crippen MR) is 32.6 cm³/mol. The molecular weight excluding hydrogens is 124 g/mol. The van der Waals surface area contributed by atoms with Crippen LogP contribution < -0.4 is 0 Å². The Bertz CT molecular complexity index is 125. The van der Waals surface area contributed by atoms with Crippen molar-refractivity contribution in [2.75, 3.05) is 0 Å². The Balaban J connectivity index is 2.47. The normalized spacial score (nSPS) is 22.6. The summed E-state index contributed by atoms with van der Waals surface area (Å²) in [4.78, 5) is 0. The van der Waals surface area contributed by atoms with Crippen molar-refractivity contribution < 1.29 is 8.42 Å². The summed E-state index contributed by atoms with van der Waals surface area (Å²) in [6.07, 6.45) is 4.01. The average Bonchev–Trinajstić information content (AvgIpc) is 2.12. The van der Waals surface area contributed by atoms with E-state index >= 15 is 0 Å². The van der Waals surface area contributed by atoms with Crippen LogP contribution in [0.15, 0.2) is 0 Å². The molecule has 8 heavy (non-hydrogen) atoms. The molecule has 0 atom stereocenters. The molecule has 0 heterocycles. The van der Waals surface area contributed by atoms with Gasteiger partial charge in [0.2, 0.25) is 0 Å². The molecule has 0 amide bonds. The highest BCUT2D eigenvalue weighted by Gasteiger charge is 2.16. The van der Waals surface area contributed by atoms with Gasteiger partial charge >= 0.3 is 0 Å². The van der Waals surface area contributed by atoms with Crippen LogP contribution in [0.25, 0.3) is 0 Å². The van der Waals surface area contributed by atoms with E-state index in [9.17, 15) is 8.42 Å². The Labute approximate surface area is 50.9 Å². The maximum Gasteiger partial charge on any atom is 0.143 e. The van der Waals surface area contributed by atoms with Gasteiger partial charge < -0.3 is 0 Å². The first kappa shape index (κ1) is 6.08. The van der Waals surface area contributed by atoms with Gasteiger partial charge in [0, 0.05) is 0 Å². The monoisotopic (exact) mass is 134 g/mol. The summed E-state index contributed by atoms with van der Waals surface area (Å²) >= 11 is 0. The van der Waals surface area contributed by atoms with Gasteiger partial charge in [-0.2, -0.15) is 0 Å². The minimum atomic E-state index is -2.10. The van der Waals surface area contributed by atoms with Crippen molar-refractivity contribution >= 4 is 10.7 Å². The molecule has 0 aromatic heterocycles. The van der Waals surface area contributed by atoms with Gasteiger partial charge in [0.15, 0.2) is 0 Å². The van der Waals surface area contributed by atoms with E-state index in [2.05, 4.69) is 0 Å². The first-order valence-corrected chi connectivity index (χ1v) is 4.19. The van der Waals surface area contributed by atoms with Gasteiger partial charge in [-0.1, -0.05) is 12.8 Å². The lowest BCUT2D eigenvalue weighted by atomic mass is 10.4. The Morgan fingerprint density at radius 1 is 1.12 bits per heavy atom. The van der Waals surface area contributed by atoms with Crippen molar-refractivity contribution in [3.63, 3.8) is 0 Å². The fraction of sp³-hybridized carbons (Fsp3) is 1.00. The molecule has 0 aromatic rings. The van der Waals surface area contributed by atoms with Crippen molar-refractivity contribution in [1.29, 1.82) is 0 Å². The summed E-state index contributed by atoms with van der Waals surface area (Å²) in [5.41, 5.74) is 0. The molecule has 0 unspecified atom stereocenters. The second-order valence-electron chi connectivity index (χ2n) is 2.22. The summed E-state index contributed by atoms with van der Waals surface area (Å²) in [5, 5.41) is 0.0185. The maximum atomic E-state index is 10.2. The Morgan fingerprint density at radius 3 is 1.88 bits per heavy atom. The molecule has 1 rings (SSSR count). The van der Waals surface area contributed by atoms with Gasteiger partial charge in [0.1, 0.15) is 10.7 Å². The van der Waals surface area contributed by atoms with Gasteiger partial charge in [0.25, 0.3) is 0 Å². The van der Waals surface area contributed by atoms with Crippen LogP contribution in [0.1, 0.15) is 25.7 Å². The molecule has 0 bridgehead atoms. The smallest absolute Gasteiger partial charge is 0.143 e. The standard InChI is InChI=1S/C5H10O2S/c6-8(7)5-3-1-2-4-5/h5,8H,1-4H2. The molecule has 0 spiro atoms. The number of hydrogen-bond donors (Lipinski definition) is 1. The summed E-state index contributed by atoms with van der Waals surface area (Å²) in [6, 6.07) is 0. The first-order chi connectivity index (χ1) is 3.80. The van der Waals surface area contributed by atoms with Crippen LogP contribution in [0.2, 0.25) is 0 Å². The van der Waals surface area contributed by atoms with E-state index in [4.69, 9.17) is 0 Å².